The van der Waals surface area contributed by atoms with Crippen LogP contribution < -0.4 is 0 Å². The summed E-state index contributed by atoms with van der Waals surface area (Å²) in [5.74, 6) is 1.00. The molecular weight excluding hydrogens is 180 g/mol. The van der Waals surface area contributed by atoms with Gasteiger partial charge in [0.05, 0.1) is 0 Å². The highest BCUT2D eigenvalue weighted by atomic mass is 32.2. The minimum absolute atomic E-state index is 0.290. The molecule has 0 saturated carbocycles. The van der Waals surface area contributed by atoms with Gasteiger partial charge < -0.3 is 5.11 Å². The fourth-order valence-corrected chi connectivity index (χ4v) is 2.15. The van der Waals surface area contributed by atoms with Crippen molar-refractivity contribution < 1.29 is 5.11 Å². The normalized spacial score (nSPS) is 10.4. The first-order chi connectivity index (χ1) is 6.24. The molecule has 1 N–H and O–H groups in total. The maximum absolute atomic E-state index is 8.64. The van der Waals surface area contributed by atoms with E-state index < -0.39 is 0 Å². The van der Waals surface area contributed by atoms with E-state index in [2.05, 4.69) is 32.0 Å². The number of aliphatic hydroxyl groups is 1. The van der Waals surface area contributed by atoms with Crippen LogP contribution in [0, 0.1) is 13.8 Å². The van der Waals surface area contributed by atoms with E-state index in [9.17, 15) is 0 Å². The molecule has 0 heterocycles. The van der Waals surface area contributed by atoms with Gasteiger partial charge in [0.1, 0.15) is 0 Å². The molecular formula is C11H16OS. The maximum Gasteiger partial charge on any atom is 0.0439 e. The molecule has 1 rings (SSSR count). The molecule has 1 aromatic carbocycles. The summed E-state index contributed by atoms with van der Waals surface area (Å²) in [6.45, 7) is 4.53. The summed E-state index contributed by atoms with van der Waals surface area (Å²) in [6, 6.07) is 6.49. The highest BCUT2D eigenvalue weighted by Crippen LogP contribution is 2.23. The predicted molar refractivity (Wildman–Crippen MR) is 58.3 cm³/mol. The van der Waals surface area contributed by atoms with Gasteiger partial charge in [0.15, 0.2) is 0 Å². The van der Waals surface area contributed by atoms with Crippen molar-refractivity contribution in [3.8, 4) is 0 Å². The Kier molecular flexibility index (Phi) is 4.33. The van der Waals surface area contributed by atoms with Crippen LogP contribution in [-0.2, 0) is 0 Å². The lowest BCUT2D eigenvalue weighted by atomic mass is 10.2. The van der Waals surface area contributed by atoms with E-state index in [1.54, 1.807) is 0 Å². The first-order valence-electron chi connectivity index (χ1n) is 4.55. The molecule has 0 spiro atoms. The molecule has 0 saturated heterocycles. The van der Waals surface area contributed by atoms with Crippen molar-refractivity contribution >= 4 is 11.8 Å². The van der Waals surface area contributed by atoms with Crippen molar-refractivity contribution in [2.45, 2.75) is 25.2 Å². The van der Waals surface area contributed by atoms with Gasteiger partial charge in [-0.15, -0.1) is 11.8 Å². The molecule has 0 aliphatic carbocycles. The molecule has 0 unspecified atom stereocenters. The lowest BCUT2D eigenvalue weighted by molar-refractivity contribution is 0.296. The molecule has 0 atom stereocenters. The largest absolute Gasteiger partial charge is 0.396 e. The fourth-order valence-electron chi connectivity index (χ4n) is 1.21. The summed E-state index contributed by atoms with van der Waals surface area (Å²) in [7, 11) is 0. The summed E-state index contributed by atoms with van der Waals surface area (Å²) in [4.78, 5) is 1.33. The Labute approximate surface area is 84.2 Å². The second-order valence-corrected chi connectivity index (χ2v) is 4.33. The van der Waals surface area contributed by atoms with Gasteiger partial charge in [0.25, 0.3) is 0 Å². The molecule has 0 amide bonds. The number of thioether (sulfide) groups is 1. The van der Waals surface area contributed by atoms with Gasteiger partial charge >= 0.3 is 0 Å². The molecule has 1 nitrogen and oxygen atoms in total. The molecule has 0 fully saturated rings. The van der Waals surface area contributed by atoms with Gasteiger partial charge in [-0.05, 0) is 31.9 Å². The topological polar surface area (TPSA) is 20.2 Å². The summed E-state index contributed by atoms with van der Waals surface area (Å²) in [6.07, 6.45) is 0.873. The van der Waals surface area contributed by atoms with Crippen LogP contribution in [0.4, 0.5) is 0 Å². The molecule has 0 radical (unpaired) electrons. The Morgan fingerprint density at radius 1 is 1.31 bits per heavy atom. The van der Waals surface area contributed by atoms with Crippen molar-refractivity contribution in [1.29, 1.82) is 0 Å². The summed E-state index contributed by atoms with van der Waals surface area (Å²) >= 11 is 1.82. The van der Waals surface area contributed by atoms with E-state index in [1.165, 1.54) is 16.0 Å². The Morgan fingerprint density at radius 2 is 2.08 bits per heavy atom. The minimum atomic E-state index is 0.290. The Hall–Kier alpha value is -0.470. The zero-order chi connectivity index (χ0) is 9.68. The van der Waals surface area contributed by atoms with E-state index in [0.29, 0.717) is 0 Å². The van der Waals surface area contributed by atoms with Crippen LogP contribution in [0.15, 0.2) is 23.1 Å². The monoisotopic (exact) mass is 196 g/mol. The Morgan fingerprint density at radius 3 is 2.69 bits per heavy atom. The average Bonchev–Trinajstić information content (AvgIpc) is 2.09. The molecule has 0 aliphatic rings. The molecule has 72 valence electrons. The number of aliphatic hydroxyl groups excluding tert-OH is 1. The van der Waals surface area contributed by atoms with E-state index in [1.807, 2.05) is 11.8 Å². The van der Waals surface area contributed by atoms with Crippen LogP contribution in [0.1, 0.15) is 17.5 Å². The molecule has 0 aliphatic heterocycles. The molecule has 1 aromatic rings. The third-order valence-electron chi connectivity index (χ3n) is 1.89. The quantitative estimate of drug-likeness (QED) is 0.590. The summed E-state index contributed by atoms with van der Waals surface area (Å²) in [5.41, 5.74) is 2.65. The molecule has 2 heteroatoms. The lowest BCUT2D eigenvalue weighted by Gasteiger charge is -2.05. The Bertz CT molecular complexity index is 271. The van der Waals surface area contributed by atoms with Crippen LogP contribution in [0.2, 0.25) is 0 Å². The van der Waals surface area contributed by atoms with Crippen LogP contribution in [0.5, 0.6) is 0 Å². The summed E-state index contributed by atoms with van der Waals surface area (Å²) in [5, 5.41) is 8.64. The van der Waals surface area contributed by atoms with Crippen molar-refractivity contribution in [2.24, 2.45) is 0 Å². The highest BCUT2D eigenvalue weighted by Gasteiger charge is 1.98. The summed E-state index contributed by atoms with van der Waals surface area (Å²) < 4.78 is 0. The predicted octanol–water partition coefficient (Wildman–Crippen LogP) is 2.78. The van der Waals surface area contributed by atoms with Crippen LogP contribution >= 0.6 is 11.8 Å². The van der Waals surface area contributed by atoms with Crippen molar-refractivity contribution in [1.82, 2.24) is 0 Å². The molecule has 0 aromatic heterocycles. The minimum Gasteiger partial charge on any atom is -0.396 e. The van der Waals surface area contributed by atoms with E-state index in [-0.39, 0.29) is 6.61 Å². The standard InChI is InChI=1S/C11H16OS/c1-9-4-5-11(10(2)8-9)13-7-3-6-12/h4-5,8,12H,3,6-7H2,1-2H3. The second kappa shape index (κ2) is 5.30. The van der Waals surface area contributed by atoms with Crippen molar-refractivity contribution in [3.05, 3.63) is 29.3 Å². The Balaban J connectivity index is 2.56. The first kappa shape index (κ1) is 10.6. The molecule has 0 bridgehead atoms. The average molecular weight is 196 g/mol. The molecule has 13 heavy (non-hydrogen) atoms. The maximum atomic E-state index is 8.64. The van der Waals surface area contributed by atoms with Gasteiger partial charge in [-0.1, -0.05) is 17.7 Å². The second-order valence-electron chi connectivity index (χ2n) is 3.19. The smallest absolute Gasteiger partial charge is 0.0439 e. The van der Waals surface area contributed by atoms with Crippen molar-refractivity contribution in [2.75, 3.05) is 12.4 Å². The van der Waals surface area contributed by atoms with Crippen LogP contribution in [-0.4, -0.2) is 17.5 Å². The van der Waals surface area contributed by atoms with Gasteiger partial charge in [-0.2, -0.15) is 0 Å². The first-order valence-corrected chi connectivity index (χ1v) is 5.53. The van der Waals surface area contributed by atoms with Gasteiger partial charge in [-0.25, -0.2) is 0 Å². The zero-order valence-corrected chi connectivity index (χ0v) is 9.03. The number of aryl methyl sites for hydroxylation is 2. The number of hydrogen-bond donors (Lipinski definition) is 1. The van der Waals surface area contributed by atoms with Crippen LogP contribution in [0.25, 0.3) is 0 Å². The highest BCUT2D eigenvalue weighted by molar-refractivity contribution is 7.99. The number of rotatable bonds is 4. The fraction of sp³-hybridized carbons (Fsp3) is 0.455. The van der Waals surface area contributed by atoms with Crippen LogP contribution in [0.3, 0.4) is 0 Å². The lowest BCUT2D eigenvalue weighted by Crippen LogP contribution is -1.87. The van der Waals surface area contributed by atoms with E-state index >= 15 is 0 Å². The van der Waals surface area contributed by atoms with Gasteiger partial charge in [0, 0.05) is 17.3 Å². The number of hydrogen-bond acceptors (Lipinski definition) is 2. The van der Waals surface area contributed by atoms with Gasteiger partial charge in [-0.3, -0.25) is 0 Å². The SMILES string of the molecule is Cc1ccc(SCCCO)c(C)c1. The van der Waals surface area contributed by atoms with E-state index in [0.717, 1.165) is 12.2 Å². The third kappa shape index (κ3) is 3.41. The van der Waals surface area contributed by atoms with Gasteiger partial charge in [0.2, 0.25) is 0 Å². The third-order valence-corrected chi connectivity index (χ3v) is 3.15. The number of benzene rings is 1. The zero-order valence-electron chi connectivity index (χ0n) is 8.21. The van der Waals surface area contributed by atoms with Crippen molar-refractivity contribution in [3.63, 3.8) is 0 Å². The van der Waals surface area contributed by atoms with E-state index in [4.69, 9.17) is 5.11 Å².